The van der Waals surface area contributed by atoms with Gasteiger partial charge in [-0.1, -0.05) is 23.9 Å². The maximum absolute atomic E-state index is 12.2. The molecule has 1 unspecified atom stereocenters. The summed E-state index contributed by atoms with van der Waals surface area (Å²) in [7, 11) is -1.42. The number of hydrogen-bond donors (Lipinski definition) is 1. The van der Waals surface area contributed by atoms with Crippen molar-refractivity contribution in [2.45, 2.75) is 37.6 Å². The Labute approximate surface area is 148 Å². The molecule has 0 heterocycles. The number of ether oxygens (including phenoxy) is 1. The number of sulfonamides is 1. The molecule has 9 heteroatoms. The van der Waals surface area contributed by atoms with Gasteiger partial charge in [0.25, 0.3) is 15.9 Å². The fourth-order valence-electron chi connectivity index (χ4n) is 2.07. The molecule has 1 N–H and O–H groups in total. The summed E-state index contributed by atoms with van der Waals surface area (Å²) < 4.78 is 30.0. The van der Waals surface area contributed by atoms with Gasteiger partial charge in [0, 0.05) is 13.1 Å². The molecule has 0 fully saturated rings. The van der Waals surface area contributed by atoms with E-state index >= 15 is 0 Å². The zero-order valence-electron chi connectivity index (χ0n) is 14.8. The van der Waals surface area contributed by atoms with E-state index in [4.69, 9.17) is 4.74 Å². The fraction of sp³-hybridized carbons (Fsp3) is 0.500. The van der Waals surface area contributed by atoms with E-state index in [1.807, 2.05) is 13.8 Å². The number of benzene rings is 1. The van der Waals surface area contributed by atoms with Gasteiger partial charge in [-0.05, 0) is 31.5 Å². The van der Waals surface area contributed by atoms with Crippen LogP contribution in [0.5, 0.6) is 0 Å². The third kappa shape index (κ3) is 6.11. The third-order valence-electron chi connectivity index (χ3n) is 3.43. The van der Waals surface area contributed by atoms with Gasteiger partial charge in [-0.15, -0.1) is 0 Å². The molecule has 0 aliphatic heterocycles. The highest BCUT2D eigenvalue weighted by Crippen LogP contribution is 2.16. The van der Waals surface area contributed by atoms with Crippen LogP contribution in [-0.4, -0.2) is 51.6 Å². The van der Waals surface area contributed by atoms with Crippen LogP contribution in [0.4, 0.5) is 0 Å². The highest BCUT2D eigenvalue weighted by Gasteiger charge is 2.22. The SMILES string of the molecule is CCCC(C)NC(=O)COC(=O)c1cccc(S(=O)(=O)N(C)OC)c1. The first kappa shape index (κ1) is 21.1. The number of nitrogens with one attached hydrogen (secondary N) is 1. The van der Waals surface area contributed by atoms with E-state index in [9.17, 15) is 18.0 Å². The number of carbonyl (C=O) groups is 2. The van der Waals surface area contributed by atoms with Crippen molar-refractivity contribution in [2.24, 2.45) is 0 Å². The molecule has 1 aromatic carbocycles. The van der Waals surface area contributed by atoms with E-state index < -0.39 is 28.5 Å². The Balaban J connectivity index is 2.74. The predicted octanol–water partition coefficient (Wildman–Crippen LogP) is 1.33. The molecule has 1 aromatic rings. The molecule has 25 heavy (non-hydrogen) atoms. The van der Waals surface area contributed by atoms with Gasteiger partial charge >= 0.3 is 5.97 Å². The van der Waals surface area contributed by atoms with Crippen LogP contribution in [0.25, 0.3) is 0 Å². The lowest BCUT2D eigenvalue weighted by Gasteiger charge is -2.15. The van der Waals surface area contributed by atoms with Gasteiger partial charge in [0.1, 0.15) is 0 Å². The van der Waals surface area contributed by atoms with Crippen LogP contribution in [-0.2, 0) is 24.4 Å². The number of rotatable bonds is 9. The Bertz CT molecular complexity index is 704. The Morgan fingerprint density at radius 2 is 2.00 bits per heavy atom. The lowest BCUT2D eigenvalue weighted by molar-refractivity contribution is -0.124. The molecule has 8 nitrogen and oxygen atoms in total. The van der Waals surface area contributed by atoms with Crippen LogP contribution in [0.3, 0.4) is 0 Å². The van der Waals surface area contributed by atoms with Crippen LogP contribution in [0.2, 0.25) is 0 Å². The van der Waals surface area contributed by atoms with E-state index in [0.717, 1.165) is 12.8 Å². The van der Waals surface area contributed by atoms with E-state index in [1.165, 1.54) is 38.4 Å². The van der Waals surface area contributed by atoms with E-state index in [0.29, 0.717) is 4.47 Å². The molecule has 0 saturated heterocycles. The van der Waals surface area contributed by atoms with Gasteiger partial charge in [-0.25, -0.2) is 13.2 Å². The maximum atomic E-state index is 12.2. The average molecular weight is 372 g/mol. The predicted molar refractivity (Wildman–Crippen MR) is 91.2 cm³/mol. The molecule has 0 aliphatic carbocycles. The van der Waals surface area contributed by atoms with Crippen LogP contribution in [0, 0.1) is 0 Å². The first-order valence-corrected chi connectivity index (χ1v) is 9.26. The smallest absolute Gasteiger partial charge is 0.338 e. The van der Waals surface area contributed by atoms with Crippen LogP contribution < -0.4 is 5.32 Å². The topological polar surface area (TPSA) is 102 Å². The van der Waals surface area contributed by atoms with E-state index in [1.54, 1.807) is 0 Å². The highest BCUT2D eigenvalue weighted by atomic mass is 32.2. The number of carbonyl (C=O) groups excluding carboxylic acids is 2. The van der Waals surface area contributed by atoms with Crippen LogP contribution in [0.1, 0.15) is 37.0 Å². The normalized spacial score (nSPS) is 12.7. The van der Waals surface area contributed by atoms with Crippen LogP contribution in [0.15, 0.2) is 29.2 Å². The van der Waals surface area contributed by atoms with E-state index in [2.05, 4.69) is 10.2 Å². The van der Waals surface area contributed by atoms with Crippen molar-refractivity contribution in [1.29, 1.82) is 0 Å². The summed E-state index contributed by atoms with van der Waals surface area (Å²) in [5.41, 5.74) is 0.0278. The minimum absolute atomic E-state index is 0.00532. The minimum Gasteiger partial charge on any atom is -0.452 e. The molecule has 0 bridgehead atoms. The molecule has 1 amide bonds. The minimum atomic E-state index is -3.87. The summed E-state index contributed by atoms with van der Waals surface area (Å²) in [4.78, 5) is 28.3. The monoisotopic (exact) mass is 372 g/mol. The van der Waals surface area contributed by atoms with Gasteiger partial charge in [-0.3, -0.25) is 9.63 Å². The van der Waals surface area contributed by atoms with Gasteiger partial charge in [-0.2, -0.15) is 0 Å². The zero-order chi connectivity index (χ0) is 19.0. The summed E-state index contributed by atoms with van der Waals surface area (Å²) in [5, 5.41) is 2.71. The molecule has 0 radical (unpaired) electrons. The second-order valence-corrected chi connectivity index (χ2v) is 7.39. The van der Waals surface area contributed by atoms with Crippen molar-refractivity contribution in [3.8, 4) is 0 Å². The van der Waals surface area contributed by atoms with Crippen molar-refractivity contribution < 1.29 is 27.6 Å². The van der Waals surface area contributed by atoms with E-state index in [-0.39, 0.29) is 16.5 Å². The molecule has 1 atom stereocenters. The second-order valence-electron chi connectivity index (χ2n) is 5.46. The third-order valence-corrected chi connectivity index (χ3v) is 5.10. The molecule has 0 spiro atoms. The molecule has 0 aliphatic rings. The summed E-state index contributed by atoms with van der Waals surface area (Å²) in [6.45, 7) is 3.44. The van der Waals surface area contributed by atoms with Gasteiger partial charge < -0.3 is 10.1 Å². The summed E-state index contributed by atoms with van der Waals surface area (Å²) in [6.07, 6.45) is 1.75. The lowest BCUT2D eigenvalue weighted by Crippen LogP contribution is -2.35. The number of hydrogen-bond acceptors (Lipinski definition) is 6. The van der Waals surface area contributed by atoms with Crippen molar-refractivity contribution in [1.82, 2.24) is 9.79 Å². The largest absolute Gasteiger partial charge is 0.452 e. The number of hydroxylamine groups is 1. The average Bonchev–Trinajstić information content (AvgIpc) is 2.59. The van der Waals surface area contributed by atoms with Gasteiger partial charge in [0.05, 0.1) is 17.6 Å². The first-order chi connectivity index (χ1) is 11.7. The number of nitrogens with zero attached hydrogens (tertiary/aromatic N) is 1. The molecule has 140 valence electrons. The summed E-state index contributed by atoms with van der Waals surface area (Å²) >= 11 is 0. The Hall–Kier alpha value is -1.97. The lowest BCUT2D eigenvalue weighted by atomic mass is 10.2. The molecular formula is C16H24N2O6S. The van der Waals surface area contributed by atoms with Crippen molar-refractivity contribution in [3.63, 3.8) is 0 Å². The fourth-order valence-corrected chi connectivity index (χ4v) is 3.09. The highest BCUT2D eigenvalue weighted by molar-refractivity contribution is 7.89. The Morgan fingerprint density at radius 1 is 1.32 bits per heavy atom. The second kappa shape index (κ2) is 9.50. The molecule has 0 saturated carbocycles. The molecular weight excluding hydrogens is 348 g/mol. The number of amides is 1. The maximum Gasteiger partial charge on any atom is 0.338 e. The van der Waals surface area contributed by atoms with Gasteiger partial charge in [0.15, 0.2) is 6.61 Å². The quantitative estimate of drug-likeness (QED) is 0.518. The Morgan fingerprint density at radius 3 is 2.60 bits per heavy atom. The molecule has 0 aromatic heterocycles. The van der Waals surface area contributed by atoms with Crippen molar-refractivity contribution in [3.05, 3.63) is 29.8 Å². The molecule has 1 rings (SSSR count). The summed E-state index contributed by atoms with van der Waals surface area (Å²) in [6, 6.07) is 5.32. The van der Waals surface area contributed by atoms with Crippen molar-refractivity contribution in [2.75, 3.05) is 20.8 Å². The summed E-state index contributed by atoms with van der Waals surface area (Å²) in [5.74, 6) is -1.19. The van der Waals surface area contributed by atoms with Crippen molar-refractivity contribution >= 4 is 21.9 Å². The van der Waals surface area contributed by atoms with Gasteiger partial charge in [0.2, 0.25) is 0 Å². The van der Waals surface area contributed by atoms with Crippen LogP contribution >= 0.6 is 0 Å². The standard InChI is InChI=1S/C16H24N2O6S/c1-5-7-12(2)17-15(19)11-24-16(20)13-8-6-9-14(10-13)25(21,22)18(3)23-4/h6,8-10,12H,5,7,11H2,1-4H3,(H,17,19). The Kier molecular flexibility index (Phi) is 8.01. The first-order valence-electron chi connectivity index (χ1n) is 7.82. The zero-order valence-corrected chi connectivity index (χ0v) is 15.6. The number of esters is 1.